The van der Waals surface area contributed by atoms with Crippen LogP contribution >= 0.6 is 0 Å². The second-order valence-electron chi connectivity index (χ2n) is 5.25. The van der Waals surface area contributed by atoms with Crippen LogP contribution in [-0.4, -0.2) is 35.8 Å². The molecule has 0 atom stereocenters. The van der Waals surface area contributed by atoms with Crippen molar-refractivity contribution >= 4 is 17.7 Å². The molecule has 2 aromatic rings. The number of aromatic nitrogens is 2. The Balaban J connectivity index is 1.68. The highest BCUT2D eigenvalue weighted by molar-refractivity contribution is 5.93. The molecular weight excluding hydrogens is 298 g/mol. The van der Waals surface area contributed by atoms with Crippen molar-refractivity contribution < 1.29 is 19.1 Å². The lowest BCUT2D eigenvalue weighted by Gasteiger charge is -2.12. The topological polar surface area (TPSA) is 93.3 Å². The van der Waals surface area contributed by atoms with Crippen molar-refractivity contribution in [3.05, 3.63) is 46.6 Å². The third kappa shape index (κ3) is 3.40. The number of ether oxygens (including phenoxy) is 2. The fourth-order valence-electron chi connectivity index (χ4n) is 2.50. The zero-order chi connectivity index (χ0) is 16.2. The third-order valence-electron chi connectivity index (χ3n) is 3.67. The predicted molar refractivity (Wildman–Crippen MR) is 82.1 cm³/mol. The van der Waals surface area contributed by atoms with Crippen molar-refractivity contribution in [2.75, 3.05) is 19.0 Å². The van der Waals surface area contributed by atoms with Gasteiger partial charge in [-0.1, -0.05) is 12.1 Å². The van der Waals surface area contributed by atoms with E-state index in [2.05, 4.69) is 20.3 Å². The molecule has 3 rings (SSSR count). The molecule has 1 aliphatic heterocycles. The van der Waals surface area contributed by atoms with E-state index in [9.17, 15) is 9.59 Å². The van der Waals surface area contributed by atoms with E-state index in [1.807, 2.05) is 0 Å². The maximum Gasteiger partial charge on any atom is 0.337 e. The van der Waals surface area contributed by atoms with Gasteiger partial charge in [0.2, 0.25) is 5.91 Å². The van der Waals surface area contributed by atoms with Crippen LogP contribution in [0.15, 0.2) is 24.3 Å². The molecule has 2 N–H and O–H groups in total. The van der Waals surface area contributed by atoms with Gasteiger partial charge in [0.25, 0.3) is 0 Å². The molecule has 0 spiro atoms. The summed E-state index contributed by atoms with van der Waals surface area (Å²) in [6.07, 6.45) is 0.909. The molecule has 1 aliphatic rings. The molecule has 0 unspecified atom stereocenters. The summed E-state index contributed by atoms with van der Waals surface area (Å²) in [7, 11) is 1.32. The van der Waals surface area contributed by atoms with Crippen LogP contribution in [-0.2, 0) is 33.7 Å². The lowest BCUT2D eigenvalue weighted by molar-refractivity contribution is -0.115. The minimum absolute atomic E-state index is 0.146. The second-order valence-corrected chi connectivity index (χ2v) is 5.25. The highest BCUT2D eigenvalue weighted by atomic mass is 16.5. The van der Waals surface area contributed by atoms with Crippen LogP contribution < -0.4 is 5.32 Å². The molecule has 7 heteroatoms. The quantitative estimate of drug-likeness (QED) is 0.833. The Morgan fingerprint density at radius 2 is 2.30 bits per heavy atom. The monoisotopic (exact) mass is 315 g/mol. The minimum atomic E-state index is -0.425. The minimum Gasteiger partial charge on any atom is -0.465 e. The Hall–Kier alpha value is -2.67. The summed E-state index contributed by atoms with van der Waals surface area (Å²) in [6, 6.07) is 6.80. The molecular formula is C16H17N3O4. The Kier molecular flexibility index (Phi) is 4.38. The molecule has 0 saturated heterocycles. The van der Waals surface area contributed by atoms with Gasteiger partial charge >= 0.3 is 5.97 Å². The van der Waals surface area contributed by atoms with Crippen LogP contribution in [0.25, 0.3) is 0 Å². The van der Waals surface area contributed by atoms with E-state index < -0.39 is 5.97 Å². The highest BCUT2D eigenvalue weighted by Gasteiger charge is 2.19. The first-order valence-corrected chi connectivity index (χ1v) is 7.28. The van der Waals surface area contributed by atoms with Gasteiger partial charge in [0, 0.05) is 17.7 Å². The standard InChI is InChI=1S/C16H17N3O4/c1-22-16(21)11-4-2-3-10(7-11)8-14(20)17-15-12-9-23-6-5-13(12)18-19-15/h2-4,7H,5-6,8-9H2,1H3,(H2,17,18,19,20). The van der Waals surface area contributed by atoms with Crippen molar-refractivity contribution in [1.29, 1.82) is 0 Å². The number of H-pyrrole nitrogens is 1. The predicted octanol–water partition coefficient (Wildman–Crippen LogP) is 1.45. The molecule has 2 heterocycles. The van der Waals surface area contributed by atoms with E-state index in [1.54, 1.807) is 24.3 Å². The zero-order valence-electron chi connectivity index (χ0n) is 12.7. The van der Waals surface area contributed by atoms with Crippen LogP contribution in [0.5, 0.6) is 0 Å². The van der Waals surface area contributed by atoms with E-state index in [1.165, 1.54) is 7.11 Å². The normalized spacial score (nSPS) is 13.3. The summed E-state index contributed by atoms with van der Waals surface area (Å²) >= 11 is 0. The Morgan fingerprint density at radius 1 is 1.43 bits per heavy atom. The number of benzene rings is 1. The van der Waals surface area contributed by atoms with Gasteiger partial charge < -0.3 is 14.8 Å². The molecule has 1 amide bonds. The molecule has 1 aromatic heterocycles. The average molecular weight is 315 g/mol. The lowest BCUT2D eigenvalue weighted by Crippen LogP contribution is -2.17. The first-order valence-electron chi connectivity index (χ1n) is 7.28. The van der Waals surface area contributed by atoms with Crippen molar-refractivity contribution in [2.45, 2.75) is 19.4 Å². The number of methoxy groups -OCH3 is 1. The summed E-state index contributed by atoms with van der Waals surface area (Å²) in [5.74, 6) is -0.119. The van der Waals surface area contributed by atoms with Crippen molar-refractivity contribution in [3.63, 3.8) is 0 Å². The van der Waals surface area contributed by atoms with Crippen molar-refractivity contribution in [3.8, 4) is 0 Å². The summed E-state index contributed by atoms with van der Waals surface area (Å²) in [6.45, 7) is 1.10. The third-order valence-corrected chi connectivity index (χ3v) is 3.67. The number of rotatable bonds is 4. The maximum atomic E-state index is 12.2. The average Bonchev–Trinajstić information content (AvgIpc) is 2.97. The molecule has 7 nitrogen and oxygen atoms in total. The Morgan fingerprint density at radius 3 is 3.13 bits per heavy atom. The van der Waals surface area contributed by atoms with Crippen LogP contribution in [0, 0.1) is 0 Å². The maximum absolute atomic E-state index is 12.2. The lowest BCUT2D eigenvalue weighted by atomic mass is 10.1. The van der Waals surface area contributed by atoms with E-state index in [-0.39, 0.29) is 12.3 Å². The zero-order valence-corrected chi connectivity index (χ0v) is 12.7. The number of nitrogens with zero attached hydrogens (tertiary/aromatic N) is 1. The molecule has 0 bridgehead atoms. The van der Waals surface area contributed by atoms with Gasteiger partial charge in [-0.05, 0) is 17.7 Å². The Bertz CT molecular complexity index is 739. The first-order chi connectivity index (χ1) is 11.2. The number of fused-ring (bicyclic) bond motifs is 1. The van der Waals surface area contributed by atoms with Crippen molar-refractivity contribution in [1.82, 2.24) is 10.2 Å². The summed E-state index contributed by atoms with van der Waals surface area (Å²) in [5, 5.41) is 9.83. The molecule has 0 fully saturated rings. The summed E-state index contributed by atoms with van der Waals surface area (Å²) in [5.41, 5.74) is 3.04. The summed E-state index contributed by atoms with van der Waals surface area (Å²) in [4.78, 5) is 23.7. The van der Waals surface area contributed by atoms with E-state index in [4.69, 9.17) is 4.74 Å². The molecule has 120 valence electrons. The van der Waals surface area contributed by atoms with Gasteiger partial charge in [0.05, 0.1) is 32.3 Å². The van der Waals surface area contributed by atoms with Crippen LogP contribution in [0.2, 0.25) is 0 Å². The Labute approximate surface area is 133 Å². The van der Waals surface area contributed by atoms with Crippen LogP contribution in [0.4, 0.5) is 5.82 Å². The smallest absolute Gasteiger partial charge is 0.337 e. The molecule has 0 aliphatic carbocycles. The number of nitrogens with one attached hydrogen (secondary N) is 2. The number of carbonyl (C=O) groups is 2. The van der Waals surface area contributed by atoms with E-state index in [0.29, 0.717) is 24.6 Å². The fraction of sp³-hybridized carbons (Fsp3) is 0.312. The SMILES string of the molecule is COC(=O)c1cccc(CC(=O)Nc2n[nH]c3c2COCC3)c1. The van der Waals surface area contributed by atoms with Gasteiger partial charge in [-0.2, -0.15) is 5.10 Å². The van der Waals surface area contributed by atoms with E-state index >= 15 is 0 Å². The number of amides is 1. The molecule has 0 radical (unpaired) electrons. The van der Waals surface area contributed by atoms with Crippen molar-refractivity contribution in [2.24, 2.45) is 0 Å². The summed E-state index contributed by atoms with van der Waals surface area (Å²) < 4.78 is 10.1. The van der Waals surface area contributed by atoms with Crippen LogP contribution in [0.1, 0.15) is 27.2 Å². The van der Waals surface area contributed by atoms with Gasteiger partial charge in [0.15, 0.2) is 5.82 Å². The van der Waals surface area contributed by atoms with Gasteiger partial charge in [-0.15, -0.1) is 0 Å². The number of esters is 1. The first kappa shape index (κ1) is 15.2. The highest BCUT2D eigenvalue weighted by Crippen LogP contribution is 2.22. The molecule has 1 aromatic carbocycles. The number of hydrogen-bond acceptors (Lipinski definition) is 5. The van der Waals surface area contributed by atoms with Crippen LogP contribution in [0.3, 0.4) is 0 Å². The van der Waals surface area contributed by atoms with Gasteiger partial charge in [-0.25, -0.2) is 4.79 Å². The number of anilines is 1. The molecule has 23 heavy (non-hydrogen) atoms. The van der Waals surface area contributed by atoms with Gasteiger partial charge in [0.1, 0.15) is 0 Å². The number of carbonyl (C=O) groups excluding carboxylic acids is 2. The van der Waals surface area contributed by atoms with E-state index in [0.717, 1.165) is 23.2 Å². The fourth-order valence-corrected chi connectivity index (χ4v) is 2.50. The second kappa shape index (κ2) is 6.62. The van der Waals surface area contributed by atoms with Gasteiger partial charge in [-0.3, -0.25) is 9.89 Å². The molecule has 0 saturated carbocycles. The number of aromatic amines is 1. The number of hydrogen-bond donors (Lipinski definition) is 2. The largest absolute Gasteiger partial charge is 0.465 e.